The van der Waals surface area contributed by atoms with Gasteiger partial charge in [-0.2, -0.15) is 0 Å². The quantitative estimate of drug-likeness (QED) is 0.863. The average Bonchev–Trinajstić information content (AvgIpc) is 2.64. The molecule has 1 aliphatic rings. The second-order valence-electron chi connectivity index (χ2n) is 6.24. The van der Waals surface area contributed by atoms with Crippen LogP contribution in [0.3, 0.4) is 0 Å². The lowest BCUT2D eigenvalue weighted by Gasteiger charge is -2.45. The van der Waals surface area contributed by atoms with Gasteiger partial charge in [0.15, 0.2) is 0 Å². The number of hydrogen-bond donors (Lipinski definition) is 1. The van der Waals surface area contributed by atoms with E-state index in [0.29, 0.717) is 0 Å². The molecule has 1 fully saturated rings. The molecule has 4 heteroatoms. The fourth-order valence-corrected chi connectivity index (χ4v) is 3.64. The van der Waals surface area contributed by atoms with Gasteiger partial charge < -0.3 is 15.0 Å². The number of piperidine rings is 1. The Balaban J connectivity index is 2.05. The molecule has 1 aliphatic heterocycles. The lowest BCUT2D eigenvalue weighted by atomic mass is 9.71. The Morgan fingerprint density at radius 3 is 2.52 bits per heavy atom. The van der Waals surface area contributed by atoms with Crippen LogP contribution in [0.1, 0.15) is 24.4 Å². The maximum atomic E-state index is 12.2. The second kappa shape index (κ2) is 6.92. The van der Waals surface area contributed by atoms with Crippen LogP contribution in [0.4, 0.5) is 5.69 Å². The summed E-state index contributed by atoms with van der Waals surface area (Å²) in [5, 5.41) is 3.37. The molecule has 23 heavy (non-hydrogen) atoms. The minimum atomic E-state index is -0.378. The number of carbonyl (C=O) groups excluding carboxylic acids is 1. The van der Waals surface area contributed by atoms with E-state index in [9.17, 15) is 4.79 Å². The zero-order valence-electron chi connectivity index (χ0n) is 13.5. The van der Waals surface area contributed by atoms with Crippen molar-refractivity contribution >= 4 is 12.0 Å². The summed E-state index contributed by atoms with van der Waals surface area (Å²) in [6.07, 6.45) is 6.50. The Kier molecular flexibility index (Phi) is 4.72. The van der Waals surface area contributed by atoms with E-state index in [1.54, 1.807) is 6.20 Å². The number of aromatic nitrogens is 1. The Hall–Kier alpha value is -2.20. The summed E-state index contributed by atoms with van der Waals surface area (Å²) >= 11 is 0. The second-order valence-corrected chi connectivity index (χ2v) is 6.24. The van der Waals surface area contributed by atoms with E-state index in [4.69, 9.17) is 0 Å². The van der Waals surface area contributed by atoms with Gasteiger partial charge in [0.25, 0.3) is 0 Å². The van der Waals surface area contributed by atoms with Crippen molar-refractivity contribution < 1.29 is 4.79 Å². The van der Waals surface area contributed by atoms with Crippen LogP contribution in [-0.4, -0.2) is 31.4 Å². The Morgan fingerprint density at radius 2 is 1.91 bits per heavy atom. The number of anilines is 1. The van der Waals surface area contributed by atoms with Crippen LogP contribution < -0.4 is 10.2 Å². The van der Waals surface area contributed by atoms with Gasteiger partial charge >= 0.3 is 0 Å². The molecule has 0 spiro atoms. The molecule has 1 N–H and O–H groups in total. The van der Waals surface area contributed by atoms with Gasteiger partial charge in [-0.3, -0.25) is 4.98 Å². The molecule has 1 aromatic heterocycles. The van der Waals surface area contributed by atoms with Crippen LogP contribution >= 0.6 is 0 Å². The molecule has 1 atom stereocenters. The van der Waals surface area contributed by atoms with E-state index in [-0.39, 0.29) is 11.5 Å². The van der Waals surface area contributed by atoms with Gasteiger partial charge in [0.05, 0.1) is 23.3 Å². The first-order chi connectivity index (χ1) is 11.3. The predicted octanol–water partition coefficient (Wildman–Crippen LogP) is 2.83. The highest BCUT2D eigenvalue weighted by atomic mass is 16.1. The maximum Gasteiger partial charge on any atom is 0.128 e. The first-order valence-corrected chi connectivity index (χ1v) is 8.12. The molecule has 0 amide bonds. The number of carbonyl (C=O) groups is 1. The van der Waals surface area contributed by atoms with E-state index in [1.807, 2.05) is 36.5 Å². The van der Waals surface area contributed by atoms with Crippen LogP contribution in [0, 0.1) is 5.41 Å². The standard InChI is InChI=1S/C19H23N3O/c1-22(17-8-5-11-21-14-17)18(16-6-3-2-4-7-16)19(15-23)9-12-20-13-10-19/h2-8,11,14-15,18,20H,9-10,12-13H2,1H3. The lowest BCUT2D eigenvalue weighted by Crippen LogP contribution is -2.47. The topological polar surface area (TPSA) is 45.2 Å². The van der Waals surface area contributed by atoms with Crippen molar-refractivity contribution in [1.82, 2.24) is 10.3 Å². The highest BCUT2D eigenvalue weighted by Gasteiger charge is 2.43. The maximum absolute atomic E-state index is 12.2. The van der Waals surface area contributed by atoms with E-state index in [2.05, 4.69) is 34.4 Å². The monoisotopic (exact) mass is 309 g/mol. The number of nitrogens with zero attached hydrogens (tertiary/aromatic N) is 2. The van der Waals surface area contributed by atoms with Gasteiger partial charge in [0.2, 0.25) is 0 Å². The molecule has 0 aliphatic carbocycles. The van der Waals surface area contributed by atoms with Gasteiger partial charge in [0, 0.05) is 13.2 Å². The molecule has 1 aromatic carbocycles. The van der Waals surface area contributed by atoms with E-state index >= 15 is 0 Å². The molecule has 3 rings (SSSR count). The lowest BCUT2D eigenvalue weighted by molar-refractivity contribution is -0.119. The number of benzene rings is 1. The highest BCUT2D eigenvalue weighted by molar-refractivity contribution is 5.64. The first kappa shape index (κ1) is 15.7. The fraction of sp³-hybridized carbons (Fsp3) is 0.368. The van der Waals surface area contributed by atoms with Crippen LogP contribution in [0.5, 0.6) is 0 Å². The van der Waals surface area contributed by atoms with Crippen molar-refractivity contribution in [3.05, 3.63) is 60.4 Å². The average molecular weight is 309 g/mol. The normalized spacial score (nSPS) is 18.1. The summed E-state index contributed by atoms with van der Waals surface area (Å²) in [5.74, 6) is 0. The van der Waals surface area contributed by atoms with Crippen molar-refractivity contribution in [1.29, 1.82) is 0 Å². The SMILES string of the molecule is CN(c1cccnc1)C(c1ccccc1)C1(C=O)CCNCC1. The Labute approximate surface area is 137 Å². The number of pyridine rings is 1. The van der Waals surface area contributed by atoms with Crippen molar-refractivity contribution in [2.75, 3.05) is 25.0 Å². The van der Waals surface area contributed by atoms with E-state index in [0.717, 1.165) is 31.6 Å². The molecule has 0 bridgehead atoms. The summed E-state index contributed by atoms with van der Waals surface area (Å²) in [7, 11) is 2.06. The number of nitrogens with one attached hydrogen (secondary N) is 1. The molecule has 0 radical (unpaired) electrons. The molecule has 4 nitrogen and oxygen atoms in total. The van der Waals surface area contributed by atoms with Crippen molar-refractivity contribution in [3.63, 3.8) is 0 Å². The molecular formula is C19H23N3O. The molecule has 120 valence electrons. The number of rotatable bonds is 5. The first-order valence-electron chi connectivity index (χ1n) is 8.12. The number of aldehydes is 1. The van der Waals surface area contributed by atoms with Crippen LogP contribution in [0.2, 0.25) is 0 Å². The Bertz CT molecular complexity index is 624. The fourth-order valence-electron chi connectivity index (χ4n) is 3.64. The highest BCUT2D eigenvalue weighted by Crippen LogP contribution is 2.44. The molecule has 1 saturated heterocycles. The molecule has 1 unspecified atom stereocenters. The van der Waals surface area contributed by atoms with Gasteiger partial charge in [-0.05, 0) is 43.6 Å². The predicted molar refractivity (Wildman–Crippen MR) is 92.4 cm³/mol. The van der Waals surface area contributed by atoms with Crippen molar-refractivity contribution in [2.24, 2.45) is 5.41 Å². The van der Waals surface area contributed by atoms with E-state index in [1.165, 1.54) is 11.8 Å². The third-order valence-corrected chi connectivity index (χ3v) is 4.87. The molecule has 2 aromatic rings. The third-order valence-electron chi connectivity index (χ3n) is 4.87. The van der Waals surface area contributed by atoms with Crippen LogP contribution in [-0.2, 0) is 4.79 Å². The van der Waals surface area contributed by atoms with Gasteiger partial charge in [0.1, 0.15) is 6.29 Å². The summed E-state index contributed by atoms with van der Waals surface area (Å²) in [6, 6.07) is 14.3. The zero-order valence-corrected chi connectivity index (χ0v) is 13.5. The minimum absolute atomic E-state index is 0.00694. The Morgan fingerprint density at radius 1 is 1.17 bits per heavy atom. The zero-order chi connectivity index (χ0) is 16.1. The van der Waals surface area contributed by atoms with E-state index < -0.39 is 0 Å². The summed E-state index contributed by atoms with van der Waals surface area (Å²) in [4.78, 5) is 18.6. The minimum Gasteiger partial charge on any atom is -0.365 e. The van der Waals surface area contributed by atoms with Gasteiger partial charge in [-0.15, -0.1) is 0 Å². The summed E-state index contributed by atoms with van der Waals surface area (Å²) in [6.45, 7) is 1.76. The third kappa shape index (κ3) is 3.13. The van der Waals surface area contributed by atoms with Gasteiger partial charge in [-0.1, -0.05) is 30.3 Å². The largest absolute Gasteiger partial charge is 0.365 e. The summed E-state index contributed by atoms with van der Waals surface area (Å²) < 4.78 is 0. The molecule has 2 heterocycles. The van der Waals surface area contributed by atoms with Crippen LogP contribution in [0.15, 0.2) is 54.9 Å². The van der Waals surface area contributed by atoms with Crippen LogP contribution in [0.25, 0.3) is 0 Å². The molecular weight excluding hydrogens is 286 g/mol. The number of hydrogen-bond acceptors (Lipinski definition) is 4. The summed E-state index contributed by atoms with van der Waals surface area (Å²) in [5.41, 5.74) is 1.82. The van der Waals surface area contributed by atoms with Gasteiger partial charge in [-0.25, -0.2) is 0 Å². The van der Waals surface area contributed by atoms with Crippen molar-refractivity contribution in [2.45, 2.75) is 18.9 Å². The van der Waals surface area contributed by atoms with Crippen molar-refractivity contribution in [3.8, 4) is 0 Å². The molecule has 0 saturated carbocycles. The smallest absolute Gasteiger partial charge is 0.128 e.